The van der Waals surface area contributed by atoms with Gasteiger partial charge in [0.2, 0.25) is 0 Å². The lowest BCUT2D eigenvalue weighted by Gasteiger charge is -2.25. The summed E-state index contributed by atoms with van der Waals surface area (Å²) in [6, 6.07) is 6.70. The fourth-order valence-corrected chi connectivity index (χ4v) is 4.52. The lowest BCUT2D eigenvalue weighted by molar-refractivity contribution is 0.222. The third-order valence-corrected chi connectivity index (χ3v) is 5.97. The van der Waals surface area contributed by atoms with Crippen molar-refractivity contribution in [1.29, 1.82) is 0 Å². The van der Waals surface area contributed by atoms with Gasteiger partial charge in [-0.2, -0.15) is 0 Å². The van der Waals surface area contributed by atoms with Crippen LogP contribution in [0, 0.1) is 12.8 Å². The third kappa shape index (κ3) is 4.53. The Labute approximate surface area is 160 Å². The Balaban J connectivity index is 0.00000182. The van der Waals surface area contributed by atoms with E-state index in [1.165, 1.54) is 28.1 Å². The van der Waals surface area contributed by atoms with E-state index in [1.807, 2.05) is 5.51 Å². The van der Waals surface area contributed by atoms with Crippen LogP contribution in [0.3, 0.4) is 0 Å². The van der Waals surface area contributed by atoms with E-state index in [9.17, 15) is 0 Å². The van der Waals surface area contributed by atoms with Crippen molar-refractivity contribution in [2.24, 2.45) is 5.92 Å². The van der Waals surface area contributed by atoms with Crippen molar-refractivity contribution in [3.63, 3.8) is 0 Å². The van der Waals surface area contributed by atoms with Gasteiger partial charge in [-0.3, -0.25) is 4.90 Å². The highest BCUT2D eigenvalue weighted by molar-refractivity contribution is 7.09. The van der Waals surface area contributed by atoms with Crippen LogP contribution in [0.15, 0.2) is 23.7 Å². The highest BCUT2D eigenvalue weighted by Gasteiger charge is 2.20. The molecule has 1 N–H and O–H groups in total. The Hall–Kier alpha value is -1.14. The number of hydrogen-bond acceptors (Lipinski definition) is 5. The van der Waals surface area contributed by atoms with Gasteiger partial charge in [0.05, 0.1) is 17.8 Å². The predicted octanol–water partition coefficient (Wildman–Crippen LogP) is 3.42. The van der Waals surface area contributed by atoms with Gasteiger partial charge in [0, 0.05) is 30.9 Å². The second-order valence-electron chi connectivity index (χ2n) is 6.93. The van der Waals surface area contributed by atoms with E-state index in [2.05, 4.69) is 40.3 Å². The second-order valence-corrected chi connectivity index (χ2v) is 7.87. The number of ether oxygens (including phenoxy) is 1. The number of halogens is 1. The molecular weight excluding hydrogens is 354 g/mol. The van der Waals surface area contributed by atoms with Gasteiger partial charge < -0.3 is 10.1 Å². The average Bonchev–Trinajstić information content (AvgIpc) is 3.30. The van der Waals surface area contributed by atoms with Gasteiger partial charge in [0.25, 0.3) is 0 Å². The Morgan fingerprint density at radius 3 is 3.04 bits per heavy atom. The van der Waals surface area contributed by atoms with Crippen molar-refractivity contribution in [3.05, 3.63) is 45.4 Å². The topological polar surface area (TPSA) is 37.4 Å². The molecule has 0 spiro atoms. The first-order valence-electron chi connectivity index (χ1n) is 8.84. The summed E-state index contributed by atoms with van der Waals surface area (Å²) in [6.45, 7) is 8.41. The zero-order valence-electron chi connectivity index (χ0n) is 14.7. The van der Waals surface area contributed by atoms with Crippen LogP contribution >= 0.6 is 23.7 Å². The van der Waals surface area contributed by atoms with E-state index in [1.54, 1.807) is 11.3 Å². The van der Waals surface area contributed by atoms with Crippen molar-refractivity contribution in [1.82, 2.24) is 15.2 Å². The summed E-state index contributed by atoms with van der Waals surface area (Å²) in [4.78, 5) is 8.41. The molecule has 136 valence electrons. The summed E-state index contributed by atoms with van der Waals surface area (Å²) in [7, 11) is 0. The van der Waals surface area contributed by atoms with Crippen LogP contribution in [-0.2, 0) is 19.5 Å². The Morgan fingerprint density at radius 2 is 2.28 bits per heavy atom. The van der Waals surface area contributed by atoms with E-state index in [0.29, 0.717) is 0 Å². The fraction of sp³-hybridized carbons (Fsp3) is 0.526. The summed E-state index contributed by atoms with van der Waals surface area (Å²) in [6.07, 6.45) is 2.33. The zero-order valence-corrected chi connectivity index (χ0v) is 16.3. The molecule has 1 aromatic carbocycles. The van der Waals surface area contributed by atoms with Crippen LogP contribution < -0.4 is 10.1 Å². The molecule has 2 aliphatic heterocycles. The van der Waals surface area contributed by atoms with Gasteiger partial charge in [0.15, 0.2) is 0 Å². The predicted molar refractivity (Wildman–Crippen MR) is 105 cm³/mol. The lowest BCUT2D eigenvalue weighted by atomic mass is 10.1. The number of benzene rings is 1. The summed E-state index contributed by atoms with van der Waals surface area (Å²) in [5.41, 5.74) is 5.90. The molecular formula is C19H26ClN3OS. The van der Waals surface area contributed by atoms with Crippen LogP contribution in [0.4, 0.5) is 0 Å². The molecule has 0 aliphatic carbocycles. The summed E-state index contributed by atoms with van der Waals surface area (Å²) >= 11 is 1.78. The molecule has 6 heteroatoms. The number of thiazole rings is 1. The molecule has 0 bridgehead atoms. The van der Waals surface area contributed by atoms with Crippen molar-refractivity contribution in [2.75, 3.05) is 26.2 Å². The summed E-state index contributed by atoms with van der Waals surface area (Å²) < 4.78 is 5.64. The smallest absolute Gasteiger partial charge is 0.122 e. The Kier molecular flexibility index (Phi) is 6.34. The van der Waals surface area contributed by atoms with E-state index in [4.69, 9.17) is 4.74 Å². The molecule has 2 aliphatic rings. The SMILES string of the molecule is Cc1ncsc1CN(Cc1ccc2c(c1)CCO2)CC1CCNC1.Cl. The highest BCUT2D eigenvalue weighted by atomic mass is 35.5. The maximum absolute atomic E-state index is 5.64. The first-order chi connectivity index (χ1) is 11.8. The molecule has 1 saturated heterocycles. The second kappa shape index (κ2) is 8.49. The molecule has 1 fully saturated rings. The van der Waals surface area contributed by atoms with Crippen LogP contribution in [0.2, 0.25) is 0 Å². The Morgan fingerprint density at radius 1 is 1.36 bits per heavy atom. The quantitative estimate of drug-likeness (QED) is 0.834. The summed E-state index contributed by atoms with van der Waals surface area (Å²) in [5.74, 6) is 1.83. The van der Waals surface area contributed by atoms with Crippen LogP contribution in [0.25, 0.3) is 0 Å². The Bertz CT molecular complexity index is 700. The van der Waals surface area contributed by atoms with E-state index in [0.717, 1.165) is 57.4 Å². The van der Waals surface area contributed by atoms with Crippen molar-refractivity contribution < 1.29 is 4.74 Å². The maximum atomic E-state index is 5.64. The fourth-order valence-electron chi connectivity index (χ4n) is 3.70. The minimum absolute atomic E-state index is 0. The van der Waals surface area contributed by atoms with E-state index in [-0.39, 0.29) is 12.4 Å². The minimum atomic E-state index is 0. The number of fused-ring (bicyclic) bond motifs is 1. The van der Waals surface area contributed by atoms with Gasteiger partial charge in [-0.25, -0.2) is 4.98 Å². The molecule has 1 unspecified atom stereocenters. The monoisotopic (exact) mass is 379 g/mol. The van der Waals surface area contributed by atoms with Crippen LogP contribution in [0.1, 0.15) is 28.1 Å². The van der Waals surface area contributed by atoms with Crippen molar-refractivity contribution in [2.45, 2.75) is 32.9 Å². The average molecular weight is 380 g/mol. The minimum Gasteiger partial charge on any atom is -0.493 e. The van der Waals surface area contributed by atoms with Gasteiger partial charge in [-0.15, -0.1) is 23.7 Å². The molecule has 0 amide bonds. The van der Waals surface area contributed by atoms with Crippen LogP contribution in [-0.4, -0.2) is 36.1 Å². The summed E-state index contributed by atoms with van der Waals surface area (Å²) in [5, 5.41) is 3.49. The molecule has 2 aromatic rings. The molecule has 25 heavy (non-hydrogen) atoms. The van der Waals surface area contributed by atoms with Gasteiger partial charge in [-0.1, -0.05) is 12.1 Å². The van der Waals surface area contributed by atoms with Crippen molar-refractivity contribution >= 4 is 23.7 Å². The number of aryl methyl sites for hydroxylation is 1. The lowest BCUT2D eigenvalue weighted by Crippen LogP contribution is -2.30. The number of rotatable bonds is 6. The standard InChI is InChI=1S/C19H25N3OS.ClH/c1-14-19(24-13-21-14)12-22(11-16-4-6-20-9-16)10-15-2-3-18-17(8-15)5-7-23-18;/h2-3,8,13,16,20H,4-7,9-12H2,1H3;1H. The van der Waals surface area contributed by atoms with Gasteiger partial charge in [-0.05, 0) is 49.5 Å². The molecule has 0 radical (unpaired) electrons. The van der Waals surface area contributed by atoms with E-state index < -0.39 is 0 Å². The number of nitrogens with one attached hydrogen (secondary N) is 1. The van der Waals surface area contributed by atoms with Gasteiger partial charge >= 0.3 is 0 Å². The molecule has 1 atom stereocenters. The zero-order chi connectivity index (χ0) is 16.4. The largest absolute Gasteiger partial charge is 0.493 e. The van der Waals surface area contributed by atoms with Crippen molar-refractivity contribution in [3.8, 4) is 5.75 Å². The molecule has 0 saturated carbocycles. The first-order valence-corrected chi connectivity index (χ1v) is 9.72. The first kappa shape index (κ1) is 18.6. The maximum Gasteiger partial charge on any atom is 0.122 e. The number of nitrogens with zero attached hydrogens (tertiary/aromatic N) is 2. The number of aromatic nitrogens is 1. The van der Waals surface area contributed by atoms with Crippen LogP contribution in [0.5, 0.6) is 5.75 Å². The molecule has 4 rings (SSSR count). The van der Waals surface area contributed by atoms with Gasteiger partial charge in [0.1, 0.15) is 5.75 Å². The highest BCUT2D eigenvalue weighted by Crippen LogP contribution is 2.27. The van der Waals surface area contributed by atoms with E-state index >= 15 is 0 Å². The normalized spacial score (nSPS) is 18.9. The molecule has 4 nitrogen and oxygen atoms in total. The molecule has 1 aromatic heterocycles. The molecule has 3 heterocycles. The third-order valence-electron chi connectivity index (χ3n) is 5.05. The number of hydrogen-bond donors (Lipinski definition) is 1.